The minimum absolute atomic E-state index is 0.655. The molecule has 1 rings (SSSR count). The highest BCUT2D eigenvalue weighted by Gasteiger charge is 1.98. The van der Waals surface area contributed by atoms with Crippen LogP contribution in [0.4, 0.5) is 0 Å². The fraction of sp³-hybridized carbons (Fsp3) is 0.684. The van der Waals surface area contributed by atoms with Crippen molar-refractivity contribution in [1.29, 1.82) is 0 Å². The first-order valence-corrected chi connectivity index (χ1v) is 8.64. The minimum Gasteiger partial charge on any atom is -0.301 e. The third kappa shape index (κ3) is 10.2. The van der Waals surface area contributed by atoms with E-state index in [1.807, 2.05) is 25.5 Å². The molecule has 0 spiro atoms. The Hall–Kier alpha value is -1.18. The lowest BCUT2D eigenvalue weighted by Crippen LogP contribution is -1.95. The number of rotatable bonds is 12. The normalized spacial score (nSPS) is 12.9. The summed E-state index contributed by atoms with van der Waals surface area (Å²) in [7, 11) is 1.87. The average Bonchev–Trinajstić information content (AvgIpc) is 2.50. The van der Waals surface area contributed by atoms with Crippen LogP contribution in [0.3, 0.4) is 0 Å². The van der Waals surface area contributed by atoms with Crippen molar-refractivity contribution in [3.05, 3.63) is 30.1 Å². The van der Waals surface area contributed by atoms with E-state index >= 15 is 0 Å². The summed E-state index contributed by atoms with van der Waals surface area (Å²) in [6.45, 7) is 2.26. The Morgan fingerprint density at radius 2 is 1.71 bits per heavy atom. The van der Waals surface area contributed by atoms with E-state index in [1.54, 1.807) is 0 Å². The van der Waals surface area contributed by atoms with Gasteiger partial charge in [0.2, 0.25) is 0 Å². The fourth-order valence-corrected chi connectivity index (χ4v) is 2.73. The van der Waals surface area contributed by atoms with E-state index in [1.165, 1.54) is 69.8 Å². The van der Waals surface area contributed by atoms with Gasteiger partial charge in [-0.3, -0.25) is 4.98 Å². The number of pyridine rings is 1. The van der Waals surface area contributed by atoms with Crippen molar-refractivity contribution in [2.75, 3.05) is 7.05 Å². The van der Waals surface area contributed by atoms with E-state index in [-0.39, 0.29) is 0 Å². The van der Waals surface area contributed by atoms with E-state index in [0.717, 1.165) is 0 Å². The summed E-state index contributed by atoms with van der Waals surface area (Å²) in [5, 5.41) is 0. The molecule has 2 heteroatoms. The molecule has 0 N–H and O–H groups in total. The summed E-state index contributed by atoms with van der Waals surface area (Å²) in [5.41, 5.74) is 1.38. The highest BCUT2D eigenvalue weighted by molar-refractivity contribution is 5.59. The topological polar surface area (TPSA) is 25.2 Å². The molecule has 0 bridgehead atoms. The predicted octanol–water partition coefficient (Wildman–Crippen LogP) is 5.47. The SMILES string of the molecule is CN=C[C@H](C)CCCCCCCCCCc1cccnc1. The van der Waals surface area contributed by atoms with Crippen molar-refractivity contribution >= 4 is 6.21 Å². The van der Waals surface area contributed by atoms with Crippen LogP contribution < -0.4 is 0 Å². The standard InChI is InChI=1S/C19H32N2/c1-18(16-20-2)12-9-7-5-3-4-6-8-10-13-19-14-11-15-21-17-19/h11,14-18H,3-10,12-13H2,1-2H3/t18-/m1/s1. The van der Waals surface area contributed by atoms with E-state index < -0.39 is 0 Å². The highest BCUT2D eigenvalue weighted by Crippen LogP contribution is 2.13. The van der Waals surface area contributed by atoms with Crippen LogP contribution in [0.1, 0.15) is 70.3 Å². The first kappa shape index (κ1) is 17.9. The van der Waals surface area contributed by atoms with Crippen LogP contribution in [0.5, 0.6) is 0 Å². The van der Waals surface area contributed by atoms with Crippen LogP contribution >= 0.6 is 0 Å². The molecule has 0 saturated heterocycles. The predicted molar refractivity (Wildman–Crippen MR) is 93.1 cm³/mol. The fourth-order valence-electron chi connectivity index (χ4n) is 2.73. The molecule has 118 valence electrons. The van der Waals surface area contributed by atoms with Gasteiger partial charge in [-0.2, -0.15) is 0 Å². The number of aryl methyl sites for hydroxylation is 1. The van der Waals surface area contributed by atoms with E-state index in [9.17, 15) is 0 Å². The molecule has 0 saturated carbocycles. The average molecular weight is 288 g/mol. The molecule has 2 nitrogen and oxygen atoms in total. The Morgan fingerprint density at radius 1 is 1.05 bits per heavy atom. The van der Waals surface area contributed by atoms with Crippen LogP contribution in [0.15, 0.2) is 29.5 Å². The van der Waals surface area contributed by atoms with Gasteiger partial charge in [0, 0.05) is 25.7 Å². The van der Waals surface area contributed by atoms with Gasteiger partial charge in [0.1, 0.15) is 0 Å². The maximum Gasteiger partial charge on any atom is 0.0299 e. The molecule has 21 heavy (non-hydrogen) atoms. The number of aromatic nitrogens is 1. The van der Waals surface area contributed by atoms with Crippen LogP contribution in [0.2, 0.25) is 0 Å². The molecular formula is C19H32N2. The van der Waals surface area contributed by atoms with Gasteiger partial charge in [-0.15, -0.1) is 0 Å². The Balaban J connectivity index is 1.83. The van der Waals surface area contributed by atoms with Crippen LogP contribution in [-0.2, 0) is 6.42 Å². The number of hydrogen-bond donors (Lipinski definition) is 0. The molecule has 1 atom stereocenters. The lowest BCUT2D eigenvalue weighted by atomic mass is 10.0. The van der Waals surface area contributed by atoms with Gasteiger partial charge in [0.05, 0.1) is 0 Å². The van der Waals surface area contributed by atoms with Gasteiger partial charge in [0.25, 0.3) is 0 Å². The van der Waals surface area contributed by atoms with Crippen LogP contribution in [0, 0.1) is 5.92 Å². The van der Waals surface area contributed by atoms with Gasteiger partial charge < -0.3 is 4.99 Å². The van der Waals surface area contributed by atoms with Gasteiger partial charge in [-0.25, -0.2) is 0 Å². The molecule has 1 aromatic rings. The third-order valence-corrected chi connectivity index (χ3v) is 4.00. The van der Waals surface area contributed by atoms with Crippen molar-refractivity contribution in [3.8, 4) is 0 Å². The zero-order chi connectivity index (χ0) is 15.2. The van der Waals surface area contributed by atoms with Crippen LogP contribution in [0.25, 0.3) is 0 Å². The summed E-state index contributed by atoms with van der Waals surface area (Å²) in [6.07, 6.45) is 19.4. The first-order valence-electron chi connectivity index (χ1n) is 8.64. The summed E-state index contributed by atoms with van der Waals surface area (Å²) < 4.78 is 0. The molecule has 0 unspecified atom stereocenters. The molecule has 1 aromatic heterocycles. The molecule has 0 fully saturated rings. The molecule has 0 aliphatic heterocycles. The second kappa shape index (κ2) is 12.6. The van der Waals surface area contributed by atoms with Gasteiger partial charge in [0.15, 0.2) is 0 Å². The van der Waals surface area contributed by atoms with Crippen molar-refractivity contribution < 1.29 is 0 Å². The lowest BCUT2D eigenvalue weighted by molar-refractivity contribution is 0.541. The quantitative estimate of drug-likeness (QED) is 0.370. The maximum absolute atomic E-state index is 4.16. The Labute approximate surface area is 131 Å². The molecule has 0 aliphatic rings. The number of aliphatic imine (C=N–C) groups is 1. The largest absolute Gasteiger partial charge is 0.301 e. The lowest BCUT2D eigenvalue weighted by Gasteiger charge is -2.05. The summed E-state index contributed by atoms with van der Waals surface area (Å²) in [5.74, 6) is 0.655. The second-order valence-corrected chi connectivity index (χ2v) is 6.11. The zero-order valence-electron chi connectivity index (χ0n) is 13.9. The molecule has 0 amide bonds. The molecule has 1 heterocycles. The zero-order valence-corrected chi connectivity index (χ0v) is 13.9. The summed E-state index contributed by atoms with van der Waals surface area (Å²) in [4.78, 5) is 8.24. The van der Waals surface area contributed by atoms with Gasteiger partial charge in [-0.05, 0) is 36.8 Å². The van der Waals surface area contributed by atoms with Crippen molar-refractivity contribution in [1.82, 2.24) is 4.98 Å². The van der Waals surface area contributed by atoms with Crippen LogP contribution in [-0.4, -0.2) is 18.2 Å². The van der Waals surface area contributed by atoms with E-state index in [2.05, 4.69) is 29.2 Å². The highest BCUT2D eigenvalue weighted by atomic mass is 14.6. The molecule has 0 radical (unpaired) electrons. The monoisotopic (exact) mass is 288 g/mol. The van der Waals surface area contributed by atoms with Gasteiger partial charge >= 0.3 is 0 Å². The summed E-state index contributed by atoms with van der Waals surface area (Å²) >= 11 is 0. The number of hydrogen-bond acceptors (Lipinski definition) is 2. The summed E-state index contributed by atoms with van der Waals surface area (Å²) in [6, 6.07) is 4.21. The molecular weight excluding hydrogens is 256 g/mol. The minimum atomic E-state index is 0.655. The van der Waals surface area contributed by atoms with Crippen molar-refractivity contribution in [2.45, 2.75) is 71.1 Å². The Morgan fingerprint density at radius 3 is 2.33 bits per heavy atom. The van der Waals surface area contributed by atoms with Gasteiger partial charge in [-0.1, -0.05) is 57.9 Å². The number of unbranched alkanes of at least 4 members (excludes halogenated alkanes) is 7. The molecule has 0 aromatic carbocycles. The van der Waals surface area contributed by atoms with Crippen molar-refractivity contribution in [3.63, 3.8) is 0 Å². The Bertz CT molecular complexity index is 359. The van der Waals surface area contributed by atoms with Crippen molar-refractivity contribution in [2.24, 2.45) is 10.9 Å². The van der Waals surface area contributed by atoms with E-state index in [0.29, 0.717) is 5.92 Å². The smallest absolute Gasteiger partial charge is 0.0299 e. The van der Waals surface area contributed by atoms with E-state index in [4.69, 9.17) is 0 Å². The number of nitrogens with zero attached hydrogens (tertiary/aromatic N) is 2. The maximum atomic E-state index is 4.16. The third-order valence-electron chi connectivity index (χ3n) is 4.00. The second-order valence-electron chi connectivity index (χ2n) is 6.11. The first-order chi connectivity index (χ1) is 10.3. The Kier molecular flexibility index (Phi) is 10.7. The molecule has 0 aliphatic carbocycles.